The van der Waals surface area contributed by atoms with Crippen molar-refractivity contribution in [3.8, 4) is 0 Å². The second-order valence-electron chi connectivity index (χ2n) is 5.15. The molecule has 0 aliphatic heterocycles. The first-order valence-corrected chi connectivity index (χ1v) is 6.56. The Balaban J connectivity index is 2.10. The van der Waals surface area contributed by atoms with Gasteiger partial charge in [-0.25, -0.2) is 0 Å². The predicted molar refractivity (Wildman–Crippen MR) is 69.8 cm³/mol. The molecule has 6 heteroatoms. The summed E-state index contributed by atoms with van der Waals surface area (Å²) in [6.45, 7) is 3.74. The average Bonchev–Trinajstić information content (AvgIpc) is 2.70. The number of amides is 1. The zero-order chi connectivity index (χ0) is 14.0. The first-order valence-electron chi connectivity index (χ1n) is 6.56. The standard InChI is InChI=1S/C13H19N3O3/c1-7-8(2)15-16-11(7)14-12(17)9-5-3-4-6-10(9)13(18)19/h9-10H,3-6H2,1-2H3,(H,18,19)(H2,14,15,16,17)/t9-,10+/m1/s1. The number of aromatic nitrogens is 2. The number of nitrogens with one attached hydrogen (secondary N) is 2. The van der Waals surface area contributed by atoms with Crippen LogP contribution in [-0.4, -0.2) is 27.2 Å². The van der Waals surface area contributed by atoms with Crippen molar-refractivity contribution in [2.45, 2.75) is 39.5 Å². The molecule has 2 atom stereocenters. The summed E-state index contributed by atoms with van der Waals surface area (Å²) in [5.41, 5.74) is 1.78. The van der Waals surface area contributed by atoms with Crippen molar-refractivity contribution in [3.05, 3.63) is 11.3 Å². The summed E-state index contributed by atoms with van der Waals surface area (Å²) in [7, 11) is 0. The number of anilines is 1. The zero-order valence-electron chi connectivity index (χ0n) is 11.2. The molecule has 104 valence electrons. The largest absolute Gasteiger partial charge is 0.481 e. The molecular formula is C13H19N3O3. The van der Waals surface area contributed by atoms with Gasteiger partial charge >= 0.3 is 5.97 Å². The van der Waals surface area contributed by atoms with Crippen molar-refractivity contribution in [2.75, 3.05) is 5.32 Å². The van der Waals surface area contributed by atoms with Crippen molar-refractivity contribution < 1.29 is 14.7 Å². The number of carbonyl (C=O) groups excluding carboxylic acids is 1. The minimum atomic E-state index is -0.880. The third-order valence-corrected chi connectivity index (χ3v) is 3.91. The molecule has 3 N–H and O–H groups in total. The van der Waals surface area contributed by atoms with Gasteiger partial charge in [0.1, 0.15) is 0 Å². The fourth-order valence-electron chi connectivity index (χ4n) is 2.56. The predicted octanol–water partition coefficient (Wildman–Crippen LogP) is 1.86. The normalized spacial score (nSPS) is 23.1. The molecule has 0 saturated heterocycles. The molecule has 1 aliphatic carbocycles. The van der Waals surface area contributed by atoms with Crippen LogP contribution in [0.4, 0.5) is 5.82 Å². The lowest BCUT2D eigenvalue weighted by atomic mass is 9.78. The van der Waals surface area contributed by atoms with Crippen LogP contribution in [0.3, 0.4) is 0 Å². The van der Waals surface area contributed by atoms with E-state index in [4.69, 9.17) is 0 Å². The van der Waals surface area contributed by atoms with Crippen LogP contribution in [0.1, 0.15) is 36.9 Å². The van der Waals surface area contributed by atoms with Crippen molar-refractivity contribution in [2.24, 2.45) is 11.8 Å². The van der Waals surface area contributed by atoms with Crippen LogP contribution in [-0.2, 0) is 9.59 Å². The molecule has 0 unspecified atom stereocenters. The van der Waals surface area contributed by atoms with Crippen LogP contribution < -0.4 is 5.32 Å². The highest BCUT2D eigenvalue weighted by Gasteiger charge is 2.36. The molecule has 1 aromatic heterocycles. The lowest BCUT2D eigenvalue weighted by Gasteiger charge is -2.27. The van der Waals surface area contributed by atoms with E-state index in [9.17, 15) is 14.7 Å². The Morgan fingerprint density at radius 1 is 1.26 bits per heavy atom. The SMILES string of the molecule is Cc1[nH]nc(NC(=O)[C@@H]2CCCC[C@@H]2C(=O)O)c1C. The van der Waals surface area contributed by atoms with Gasteiger partial charge in [0.05, 0.1) is 11.8 Å². The van der Waals surface area contributed by atoms with Crippen LogP contribution in [0.15, 0.2) is 0 Å². The molecule has 1 aromatic rings. The number of nitrogens with zero attached hydrogens (tertiary/aromatic N) is 1. The number of carboxylic acids is 1. The third-order valence-electron chi connectivity index (χ3n) is 3.91. The third kappa shape index (κ3) is 2.77. The molecule has 1 saturated carbocycles. The lowest BCUT2D eigenvalue weighted by molar-refractivity contribution is -0.147. The monoisotopic (exact) mass is 265 g/mol. The first-order chi connectivity index (χ1) is 9.00. The summed E-state index contributed by atoms with van der Waals surface area (Å²) in [4.78, 5) is 23.4. The van der Waals surface area contributed by atoms with Gasteiger partial charge in [-0.2, -0.15) is 5.10 Å². The lowest BCUT2D eigenvalue weighted by Crippen LogP contribution is -2.36. The van der Waals surface area contributed by atoms with E-state index in [1.165, 1.54) is 0 Å². The summed E-state index contributed by atoms with van der Waals surface area (Å²) in [6, 6.07) is 0. The van der Waals surface area contributed by atoms with Crippen LogP contribution in [0.25, 0.3) is 0 Å². The Morgan fingerprint density at radius 3 is 2.42 bits per heavy atom. The van der Waals surface area contributed by atoms with Gasteiger partial charge < -0.3 is 10.4 Å². The average molecular weight is 265 g/mol. The maximum atomic E-state index is 12.2. The van der Waals surface area contributed by atoms with Crippen molar-refractivity contribution in [1.82, 2.24) is 10.2 Å². The number of aromatic amines is 1. The second-order valence-corrected chi connectivity index (χ2v) is 5.15. The van der Waals surface area contributed by atoms with E-state index in [0.29, 0.717) is 18.7 Å². The summed E-state index contributed by atoms with van der Waals surface area (Å²) < 4.78 is 0. The second kappa shape index (κ2) is 5.42. The topological polar surface area (TPSA) is 95.1 Å². The Hall–Kier alpha value is -1.85. The first kappa shape index (κ1) is 13.6. The summed E-state index contributed by atoms with van der Waals surface area (Å²) in [6.07, 6.45) is 2.99. The van der Waals surface area contributed by atoms with Crippen LogP contribution in [0, 0.1) is 25.7 Å². The van der Waals surface area contributed by atoms with Crippen molar-refractivity contribution in [3.63, 3.8) is 0 Å². The van der Waals surface area contributed by atoms with Crippen molar-refractivity contribution >= 4 is 17.7 Å². The molecule has 0 radical (unpaired) electrons. The number of rotatable bonds is 3. The van der Waals surface area contributed by atoms with Crippen LogP contribution in [0.5, 0.6) is 0 Å². The Kier molecular flexibility index (Phi) is 3.87. The molecule has 1 amide bonds. The van der Waals surface area contributed by atoms with Gasteiger partial charge in [-0.3, -0.25) is 14.7 Å². The minimum Gasteiger partial charge on any atom is -0.481 e. The quantitative estimate of drug-likeness (QED) is 0.777. The fraction of sp³-hybridized carbons (Fsp3) is 0.615. The van der Waals surface area contributed by atoms with Gasteiger partial charge in [0.2, 0.25) is 5.91 Å². The molecule has 1 aliphatic rings. The van der Waals surface area contributed by atoms with Crippen molar-refractivity contribution in [1.29, 1.82) is 0 Å². The number of carbonyl (C=O) groups is 2. The maximum Gasteiger partial charge on any atom is 0.307 e. The number of aliphatic carboxylic acids is 1. The molecule has 0 spiro atoms. The number of H-pyrrole nitrogens is 1. The zero-order valence-corrected chi connectivity index (χ0v) is 11.2. The number of hydrogen-bond acceptors (Lipinski definition) is 3. The number of hydrogen-bond donors (Lipinski definition) is 3. The fourth-order valence-corrected chi connectivity index (χ4v) is 2.56. The minimum absolute atomic E-state index is 0.235. The van der Waals surface area contributed by atoms with Crippen LogP contribution in [0.2, 0.25) is 0 Å². The number of carboxylic acid groups (broad SMARTS) is 1. The van der Waals surface area contributed by atoms with E-state index in [2.05, 4.69) is 15.5 Å². The highest BCUT2D eigenvalue weighted by molar-refractivity contribution is 5.95. The Morgan fingerprint density at radius 2 is 1.89 bits per heavy atom. The summed E-state index contributed by atoms with van der Waals surface area (Å²) in [5.74, 6) is -1.65. The molecule has 0 bridgehead atoms. The summed E-state index contributed by atoms with van der Waals surface area (Å²) in [5, 5.41) is 18.7. The van der Waals surface area contributed by atoms with Gasteiger partial charge in [-0.1, -0.05) is 12.8 Å². The van der Waals surface area contributed by atoms with Gasteiger partial charge in [0.25, 0.3) is 0 Å². The molecule has 1 heterocycles. The highest BCUT2D eigenvalue weighted by atomic mass is 16.4. The van der Waals surface area contributed by atoms with Gasteiger partial charge in [0, 0.05) is 11.3 Å². The summed E-state index contributed by atoms with van der Waals surface area (Å²) >= 11 is 0. The molecular weight excluding hydrogens is 246 g/mol. The smallest absolute Gasteiger partial charge is 0.307 e. The van der Waals surface area contributed by atoms with Gasteiger partial charge in [0.15, 0.2) is 5.82 Å². The van der Waals surface area contributed by atoms with E-state index >= 15 is 0 Å². The van der Waals surface area contributed by atoms with Gasteiger partial charge in [-0.15, -0.1) is 0 Å². The Bertz CT molecular complexity index is 495. The van der Waals surface area contributed by atoms with Crippen LogP contribution >= 0.6 is 0 Å². The van der Waals surface area contributed by atoms with Gasteiger partial charge in [-0.05, 0) is 26.7 Å². The molecule has 1 fully saturated rings. The molecule has 2 rings (SSSR count). The van der Waals surface area contributed by atoms with E-state index in [-0.39, 0.29) is 5.91 Å². The van der Waals surface area contributed by atoms with E-state index in [1.807, 2.05) is 13.8 Å². The Labute approximate surface area is 111 Å². The maximum absolute atomic E-state index is 12.2. The van der Waals surface area contributed by atoms with E-state index < -0.39 is 17.8 Å². The molecule has 0 aromatic carbocycles. The molecule has 19 heavy (non-hydrogen) atoms. The highest BCUT2D eigenvalue weighted by Crippen LogP contribution is 2.31. The van der Waals surface area contributed by atoms with E-state index in [1.54, 1.807) is 0 Å². The molecule has 6 nitrogen and oxygen atoms in total. The number of aryl methyl sites for hydroxylation is 1. The van der Waals surface area contributed by atoms with E-state index in [0.717, 1.165) is 24.1 Å².